The van der Waals surface area contributed by atoms with Crippen molar-refractivity contribution in [2.24, 2.45) is 5.10 Å². The van der Waals surface area contributed by atoms with Gasteiger partial charge in [0.1, 0.15) is 11.5 Å². The number of ether oxygens (including phenoxy) is 1. The van der Waals surface area contributed by atoms with E-state index in [-0.39, 0.29) is 16.4 Å². The van der Waals surface area contributed by atoms with Gasteiger partial charge >= 0.3 is 6.18 Å². The molecule has 33 heavy (non-hydrogen) atoms. The third kappa shape index (κ3) is 6.35. The van der Waals surface area contributed by atoms with Crippen molar-refractivity contribution in [3.8, 4) is 17.0 Å². The molecule has 1 aromatic heterocycles. The molecule has 3 aromatic rings. The molecule has 0 fully saturated rings. The number of non-ortho nitro benzene ring substituents is 1. The van der Waals surface area contributed by atoms with E-state index < -0.39 is 29.0 Å². The van der Waals surface area contributed by atoms with Crippen LogP contribution in [0.1, 0.15) is 23.7 Å². The van der Waals surface area contributed by atoms with E-state index in [1.165, 1.54) is 47.8 Å². The summed E-state index contributed by atoms with van der Waals surface area (Å²) in [5, 5.41) is 15.8. The lowest BCUT2D eigenvalue weighted by atomic mass is 10.1. The number of benzene rings is 2. The molecular weight excluding hydrogens is 461 g/mol. The summed E-state index contributed by atoms with van der Waals surface area (Å²) >= 11 is 0.967. The number of nitro benzene ring substituents is 1. The van der Waals surface area contributed by atoms with E-state index >= 15 is 0 Å². The lowest BCUT2D eigenvalue weighted by molar-refractivity contribution is -0.384. The first-order valence-corrected chi connectivity index (χ1v) is 10.4. The first-order valence-electron chi connectivity index (χ1n) is 9.53. The monoisotopic (exact) mass is 478 g/mol. The van der Waals surface area contributed by atoms with Crippen LogP contribution >= 0.6 is 11.3 Å². The van der Waals surface area contributed by atoms with Gasteiger partial charge < -0.3 is 4.74 Å². The van der Waals surface area contributed by atoms with E-state index in [0.717, 1.165) is 11.3 Å². The van der Waals surface area contributed by atoms with Crippen LogP contribution in [0.25, 0.3) is 11.3 Å². The summed E-state index contributed by atoms with van der Waals surface area (Å²) < 4.78 is 45.5. The Kier molecular flexibility index (Phi) is 7.38. The minimum atomic E-state index is -4.84. The highest BCUT2D eigenvalue weighted by Gasteiger charge is 2.37. The van der Waals surface area contributed by atoms with Gasteiger partial charge in [-0.1, -0.05) is 12.1 Å². The van der Waals surface area contributed by atoms with Crippen molar-refractivity contribution in [2.75, 3.05) is 12.0 Å². The highest BCUT2D eigenvalue weighted by molar-refractivity contribution is 7.14. The third-order valence-corrected chi connectivity index (χ3v) is 5.03. The van der Waals surface area contributed by atoms with Gasteiger partial charge in [0.25, 0.3) is 5.69 Å². The number of carbonyl (C=O) groups excluding carboxylic acids is 1. The molecule has 2 aromatic carbocycles. The Morgan fingerprint density at radius 3 is 2.61 bits per heavy atom. The minimum absolute atomic E-state index is 0.0340. The number of hydrogen-bond acceptors (Lipinski definition) is 8. The summed E-state index contributed by atoms with van der Waals surface area (Å²) in [6.07, 6.45) is -5.80. The number of anilines is 1. The van der Waals surface area contributed by atoms with Crippen molar-refractivity contribution in [3.05, 3.63) is 69.6 Å². The van der Waals surface area contributed by atoms with Gasteiger partial charge in [0.15, 0.2) is 5.78 Å². The van der Waals surface area contributed by atoms with E-state index in [1.807, 2.05) is 0 Å². The fourth-order valence-electron chi connectivity index (χ4n) is 2.71. The van der Waals surface area contributed by atoms with Crippen LogP contribution in [0.5, 0.6) is 5.75 Å². The zero-order valence-electron chi connectivity index (χ0n) is 17.1. The van der Waals surface area contributed by atoms with E-state index in [4.69, 9.17) is 4.74 Å². The van der Waals surface area contributed by atoms with Crippen molar-refractivity contribution in [3.63, 3.8) is 0 Å². The highest BCUT2D eigenvalue weighted by atomic mass is 32.1. The van der Waals surface area contributed by atoms with Crippen LogP contribution < -0.4 is 10.2 Å². The Morgan fingerprint density at radius 2 is 1.97 bits per heavy atom. The Bertz CT molecular complexity index is 1180. The summed E-state index contributed by atoms with van der Waals surface area (Å²) in [7, 11) is 0. The van der Waals surface area contributed by atoms with Gasteiger partial charge in [-0.3, -0.25) is 20.3 Å². The molecule has 0 aliphatic heterocycles. The van der Waals surface area contributed by atoms with Crippen LogP contribution in [0.15, 0.2) is 59.0 Å². The summed E-state index contributed by atoms with van der Waals surface area (Å²) in [6, 6.07) is 11.5. The topological polar surface area (TPSA) is 107 Å². The Morgan fingerprint density at radius 1 is 1.24 bits per heavy atom. The lowest BCUT2D eigenvalue weighted by Crippen LogP contribution is -2.27. The zero-order valence-corrected chi connectivity index (χ0v) is 17.9. The van der Waals surface area contributed by atoms with Crippen LogP contribution in [0.2, 0.25) is 0 Å². The summed E-state index contributed by atoms with van der Waals surface area (Å²) in [4.78, 5) is 26.8. The number of nitrogens with one attached hydrogen (secondary N) is 1. The van der Waals surface area contributed by atoms with Gasteiger partial charge in [-0.05, 0) is 31.2 Å². The zero-order chi connectivity index (χ0) is 24.0. The van der Waals surface area contributed by atoms with Gasteiger partial charge in [-0.15, -0.1) is 11.3 Å². The number of Topliss-reactive ketones (excluding diaryl/α,β-unsaturated/α-hetero) is 1. The number of nitrogens with zero attached hydrogens (tertiary/aromatic N) is 3. The van der Waals surface area contributed by atoms with Crippen molar-refractivity contribution in [2.45, 2.75) is 19.5 Å². The predicted octanol–water partition coefficient (Wildman–Crippen LogP) is 5.72. The number of alkyl halides is 3. The van der Waals surface area contributed by atoms with Crippen molar-refractivity contribution < 1.29 is 27.6 Å². The Balaban J connectivity index is 1.74. The molecule has 0 saturated heterocycles. The second kappa shape index (κ2) is 10.2. The number of halogens is 3. The number of carbonyl (C=O) groups is 1. The van der Waals surface area contributed by atoms with E-state index in [2.05, 4.69) is 15.5 Å². The average molecular weight is 478 g/mol. The quantitative estimate of drug-likeness (QED) is 0.182. The summed E-state index contributed by atoms with van der Waals surface area (Å²) in [5.41, 5.74) is 1.64. The van der Waals surface area contributed by atoms with Gasteiger partial charge in [0.05, 0.1) is 23.6 Å². The number of aromatic nitrogens is 1. The molecule has 12 heteroatoms. The molecular formula is C21H17F3N4O4S. The molecule has 0 spiro atoms. The molecule has 1 heterocycles. The number of hydrazone groups is 1. The van der Waals surface area contributed by atoms with Gasteiger partial charge in [-0.25, -0.2) is 4.98 Å². The van der Waals surface area contributed by atoms with Gasteiger partial charge in [-0.2, -0.15) is 18.3 Å². The summed E-state index contributed by atoms with van der Waals surface area (Å²) in [5.74, 6) is -0.254. The minimum Gasteiger partial charge on any atom is -0.494 e. The van der Waals surface area contributed by atoms with Gasteiger partial charge in [0, 0.05) is 28.6 Å². The summed E-state index contributed by atoms with van der Waals surface area (Å²) in [6.45, 7) is 2.21. The van der Waals surface area contributed by atoms with E-state index in [9.17, 15) is 28.1 Å². The largest absolute Gasteiger partial charge is 0.494 e. The van der Waals surface area contributed by atoms with Crippen molar-refractivity contribution in [1.29, 1.82) is 0 Å². The third-order valence-electron chi connectivity index (χ3n) is 4.29. The molecule has 0 aliphatic rings. The number of rotatable bonds is 9. The molecule has 3 rings (SSSR count). The number of nitro groups is 1. The van der Waals surface area contributed by atoms with Crippen LogP contribution in [-0.2, 0) is 0 Å². The molecule has 0 amide bonds. The second-order valence-electron chi connectivity index (χ2n) is 6.57. The maximum Gasteiger partial charge on any atom is 0.431 e. The van der Waals surface area contributed by atoms with Crippen LogP contribution in [0, 0.1) is 10.1 Å². The lowest BCUT2D eigenvalue weighted by Gasteiger charge is -2.10. The SMILES string of the molecule is CCOc1ccc(C(=O)C/C(=N\Nc2nc(-c3cccc([N+](=O)[O-])c3)cs2)C(F)(F)F)cc1. The van der Waals surface area contributed by atoms with Crippen LogP contribution in [0.3, 0.4) is 0 Å². The second-order valence-corrected chi connectivity index (χ2v) is 7.43. The number of thiazole rings is 1. The highest BCUT2D eigenvalue weighted by Crippen LogP contribution is 2.28. The first-order chi connectivity index (χ1) is 15.7. The predicted molar refractivity (Wildman–Crippen MR) is 118 cm³/mol. The smallest absolute Gasteiger partial charge is 0.431 e. The molecule has 0 saturated carbocycles. The van der Waals surface area contributed by atoms with Crippen LogP contribution in [-0.4, -0.2) is 34.2 Å². The van der Waals surface area contributed by atoms with Crippen molar-refractivity contribution >= 4 is 33.7 Å². The number of hydrogen-bond donors (Lipinski definition) is 1. The van der Waals surface area contributed by atoms with Crippen molar-refractivity contribution in [1.82, 2.24) is 4.98 Å². The van der Waals surface area contributed by atoms with E-state index in [1.54, 1.807) is 13.0 Å². The fraction of sp³-hybridized carbons (Fsp3) is 0.190. The molecule has 0 radical (unpaired) electrons. The molecule has 172 valence electrons. The Labute approximate surface area is 189 Å². The Hall–Kier alpha value is -3.80. The molecule has 1 N–H and O–H groups in total. The molecule has 0 unspecified atom stereocenters. The van der Waals surface area contributed by atoms with Crippen LogP contribution in [0.4, 0.5) is 24.0 Å². The van der Waals surface area contributed by atoms with Gasteiger partial charge in [0.2, 0.25) is 5.13 Å². The van der Waals surface area contributed by atoms with E-state index in [0.29, 0.717) is 23.6 Å². The molecule has 0 bridgehead atoms. The average Bonchev–Trinajstić information content (AvgIpc) is 3.25. The first kappa shape index (κ1) is 23.9. The number of ketones is 1. The maximum absolute atomic E-state index is 13.4. The molecule has 0 aliphatic carbocycles. The maximum atomic E-state index is 13.4. The normalized spacial score (nSPS) is 11.8. The fourth-order valence-corrected chi connectivity index (χ4v) is 3.37. The molecule has 8 nitrogen and oxygen atoms in total. The standard InChI is InChI=1S/C21H17F3N4O4S/c1-2-32-16-8-6-13(7-9-16)18(29)11-19(21(22,23)24)26-27-20-25-17(12-33-20)14-4-3-5-15(10-14)28(30)31/h3-10,12H,2,11H2,1H3,(H,25,27)/b26-19+. The molecule has 0 atom stereocenters.